The topological polar surface area (TPSA) is 56.7 Å². The number of benzene rings is 1. The number of hydrogen-bond acceptors (Lipinski definition) is 2. The molecule has 0 aliphatic heterocycles. The van der Waals surface area contributed by atoms with Gasteiger partial charge in [-0.2, -0.15) is 0 Å². The molecule has 0 amide bonds. The van der Waals surface area contributed by atoms with Crippen LogP contribution < -0.4 is 10.6 Å². The summed E-state index contributed by atoms with van der Waals surface area (Å²) in [4.78, 5) is 4.94. The molecule has 1 aromatic carbocycles. The third kappa shape index (κ3) is 4.76. The Morgan fingerprint density at radius 1 is 1.28 bits per heavy atom. The van der Waals surface area contributed by atoms with Gasteiger partial charge in [0.15, 0.2) is 5.96 Å². The molecule has 2 aliphatic carbocycles. The Morgan fingerprint density at radius 2 is 2.04 bits per heavy atom. The molecule has 2 aliphatic rings. The third-order valence-corrected chi connectivity index (χ3v) is 6.16. The van der Waals surface area contributed by atoms with Gasteiger partial charge in [0, 0.05) is 22.5 Å². The molecular weight excluding hydrogens is 378 g/mol. The number of halogens is 1. The van der Waals surface area contributed by atoms with Crippen LogP contribution in [0, 0.1) is 0 Å². The molecule has 0 heterocycles. The summed E-state index contributed by atoms with van der Waals surface area (Å²) in [5, 5.41) is 16.7. The van der Waals surface area contributed by atoms with Gasteiger partial charge >= 0.3 is 0 Å². The van der Waals surface area contributed by atoms with Crippen molar-refractivity contribution in [2.24, 2.45) is 4.99 Å². The van der Waals surface area contributed by atoms with Crippen LogP contribution in [0.3, 0.4) is 0 Å². The van der Waals surface area contributed by atoms with Crippen molar-refractivity contribution in [2.45, 2.75) is 69.4 Å². The average molecular weight is 408 g/mol. The molecule has 0 bridgehead atoms. The van der Waals surface area contributed by atoms with Crippen molar-refractivity contribution in [3.8, 4) is 0 Å². The third-order valence-electron chi connectivity index (χ3n) is 5.67. The normalized spacial score (nSPS) is 26.0. The van der Waals surface area contributed by atoms with Crippen molar-refractivity contribution in [1.82, 2.24) is 10.6 Å². The summed E-state index contributed by atoms with van der Waals surface area (Å²) in [7, 11) is 0. The van der Waals surface area contributed by atoms with Crippen LogP contribution in [0.1, 0.15) is 57.4 Å². The van der Waals surface area contributed by atoms with Gasteiger partial charge in [-0.3, -0.25) is 4.99 Å². The first-order valence-corrected chi connectivity index (χ1v) is 10.4. The SMILES string of the molecule is CCNC(=NCC1(c2cccc(Br)c2)CCC1)NC1CCC(O)CC1. The number of nitrogens with zero attached hydrogens (tertiary/aromatic N) is 1. The van der Waals surface area contributed by atoms with Crippen LogP contribution in [-0.4, -0.2) is 36.3 Å². The van der Waals surface area contributed by atoms with E-state index in [1.54, 1.807) is 0 Å². The van der Waals surface area contributed by atoms with Crippen molar-refractivity contribution >= 4 is 21.9 Å². The fourth-order valence-corrected chi connectivity index (χ4v) is 4.32. The van der Waals surface area contributed by atoms with Gasteiger partial charge in [-0.05, 0) is 63.1 Å². The average Bonchev–Trinajstić information content (AvgIpc) is 2.56. The predicted molar refractivity (Wildman–Crippen MR) is 107 cm³/mol. The monoisotopic (exact) mass is 407 g/mol. The zero-order valence-corrected chi connectivity index (χ0v) is 16.7. The second kappa shape index (κ2) is 8.54. The zero-order chi connectivity index (χ0) is 17.7. The van der Waals surface area contributed by atoms with Gasteiger partial charge in [-0.15, -0.1) is 0 Å². The van der Waals surface area contributed by atoms with Crippen LogP contribution in [0.25, 0.3) is 0 Å². The number of aliphatic hydroxyl groups excluding tert-OH is 1. The van der Waals surface area contributed by atoms with Gasteiger partial charge in [-0.1, -0.05) is 34.5 Å². The Balaban J connectivity index is 1.67. The minimum Gasteiger partial charge on any atom is -0.393 e. The van der Waals surface area contributed by atoms with Crippen molar-refractivity contribution < 1.29 is 5.11 Å². The first-order valence-electron chi connectivity index (χ1n) is 9.60. The van der Waals surface area contributed by atoms with Crippen LogP contribution in [0.5, 0.6) is 0 Å². The maximum atomic E-state index is 9.68. The molecule has 0 aromatic heterocycles. The lowest BCUT2D eigenvalue weighted by atomic mass is 9.64. The molecule has 2 fully saturated rings. The van der Waals surface area contributed by atoms with Gasteiger partial charge in [-0.25, -0.2) is 0 Å². The molecule has 0 atom stereocenters. The Hall–Kier alpha value is -1.07. The van der Waals surface area contributed by atoms with E-state index in [2.05, 4.69) is 57.8 Å². The predicted octanol–water partition coefficient (Wildman–Crippen LogP) is 3.73. The summed E-state index contributed by atoms with van der Waals surface area (Å²) >= 11 is 3.60. The molecule has 0 radical (unpaired) electrons. The molecule has 138 valence electrons. The lowest BCUT2D eigenvalue weighted by molar-refractivity contribution is 0.120. The molecule has 0 unspecified atom stereocenters. The van der Waals surface area contributed by atoms with E-state index in [1.807, 2.05) is 0 Å². The highest BCUT2D eigenvalue weighted by Crippen LogP contribution is 2.44. The van der Waals surface area contributed by atoms with Crippen LogP contribution in [0.4, 0.5) is 0 Å². The highest BCUT2D eigenvalue weighted by molar-refractivity contribution is 9.10. The van der Waals surface area contributed by atoms with E-state index in [-0.39, 0.29) is 11.5 Å². The molecule has 4 nitrogen and oxygen atoms in total. The van der Waals surface area contributed by atoms with E-state index in [0.717, 1.165) is 49.2 Å². The number of nitrogens with one attached hydrogen (secondary N) is 2. The van der Waals surface area contributed by atoms with Crippen molar-refractivity contribution in [2.75, 3.05) is 13.1 Å². The standard InChI is InChI=1S/C20H30BrN3O/c1-2-22-19(24-17-7-9-18(25)10-8-17)23-14-20(11-4-12-20)15-5-3-6-16(21)13-15/h3,5-6,13,17-18,25H,2,4,7-12,14H2,1H3,(H2,22,23,24). The molecule has 5 heteroatoms. The van der Waals surface area contributed by atoms with Crippen LogP contribution >= 0.6 is 15.9 Å². The molecule has 0 saturated heterocycles. The Labute approximate surface area is 159 Å². The lowest BCUT2D eigenvalue weighted by Gasteiger charge is -2.41. The number of aliphatic imine (C=N–C) groups is 1. The van der Waals surface area contributed by atoms with Crippen LogP contribution in [-0.2, 0) is 5.41 Å². The van der Waals surface area contributed by atoms with E-state index in [4.69, 9.17) is 4.99 Å². The quantitative estimate of drug-likeness (QED) is 0.514. The van der Waals surface area contributed by atoms with Gasteiger partial charge in [0.25, 0.3) is 0 Å². The highest BCUT2D eigenvalue weighted by atomic mass is 79.9. The minimum absolute atomic E-state index is 0.118. The number of hydrogen-bond donors (Lipinski definition) is 3. The summed E-state index contributed by atoms with van der Waals surface area (Å²) in [5.74, 6) is 0.921. The van der Waals surface area contributed by atoms with Crippen molar-refractivity contribution in [3.05, 3.63) is 34.3 Å². The molecule has 3 rings (SSSR count). The van der Waals surface area contributed by atoms with Crippen molar-refractivity contribution in [3.63, 3.8) is 0 Å². The maximum absolute atomic E-state index is 9.68. The van der Waals surface area contributed by atoms with E-state index in [9.17, 15) is 5.11 Å². The Morgan fingerprint density at radius 3 is 2.64 bits per heavy atom. The fraction of sp³-hybridized carbons (Fsp3) is 0.650. The summed E-state index contributed by atoms with van der Waals surface area (Å²) in [5.41, 5.74) is 1.59. The molecule has 0 spiro atoms. The summed E-state index contributed by atoms with van der Waals surface area (Å²) in [6, 6.07) is 9.12. The van der Waals surface area contributed by atoms with Gasteiger partial charge in [0.1, 0.15) is 0 Å². The first-order chi connectivity index (χ1) is 12.1. The van der Waals surface area contributed by atoms with E-state index in [1.165, 1.54) is 24.8 Å². The van der Waals surface area contributed by atoms with E-state index >= 15 is 0 Å². The highest BCUT2D eigenvalue weighted by Gasteiger charge is 2.38. The van der Waals surface area contributed by atoms with E-state index in [0.29, 0.717) is 6.04 Å². The molecule has 2 saturated carbocycles. The minimum atomic E-state index is -0.118. The van der Waals surface area contributed by atoms with E-state index < -0.39 is 0 Å². The number of aliphatic hydroxyl groups is 1. The number of guanidine groups is 1. The smallest absolute Gasteiger partial charge is 0.191 e. The number of rotatable bonds is 5. The molecule has 3 N–H and O–H groups in total. The van der Waals surface area contributed by atoms with Gasteiger partial charge in [0.05, 0.1) is 12.6 Å². The second-order valence-electron chi connectivity index (χ2n) is 7.49. The van der Waals surface area contributed by atoms with Crippen molar-refractivity contribution in [1.29, 1.82) is 0 Å². The fourth-order valence-electron chi connectivity index (χ4n) is 3.92. The van der Waals surface area contributed by atoms with Gasteiger partial charge in [0.2, 0.25) is 0 Å². The lowest BCUT2D eigenvalue weighted by Crippen LogP contribution is -2.46. The summed E-state index contributed by atoms with van der Waals surface area (Å²) < 4.78 is 1.14. The zero-order valence-electron chi connectivity index (χ0n) is 15.1. The summed E-state index contributed by atoms with van der Waals surface area (Å²) in [6.45, 7) is 3.80. The molecular formula is C20H30BrN3O. The second-order valence-corrected chi connectivity index (χ2v) is 8.40. The largest absolute Gasteiger partial charge is 0.393 e. The first kappa shape index (κ1) is 18.7. The summed E-state index contributed by atoms with van der Waals surface area (Å²) in [6.07, 6.45) is 7.39. The Kier molecular flexibility index (Phi) is 6.39. The van der Waals surface area contributed by atoms with Gasteiger partial charge < -0.3 is 15.7 Å². The maximum Gasteiger partial charge on any atom is 0.191 e. The molecule has 25 heavy (non-hydrogen) atoms. The van der Waals surface area contributed by atoms with Crippen LogP contribution in [0.15, 0.2) is 33.7 Å². The molecule has 1 aromatic rings. The van der Waals surface area contributed by atoms with Crippen LogP contribution in [0.2, 0.25) is 0 Å². The Bertz CT molecular complexity index is 592.